The summed E-state index contributed by atoms with van der Waals surface area (Å²) in [7, 11) is 0. The van der Waals surface area contributed by atoms with Crippen molar-refractivity contribution in [3.05, 3.63) is 71.5 Å². The first-order valence-corrected chi connectivity index (χ1v) is 7.78. The van der Waals surface area contributed by atoms with E-state index in [1.165, 1.54) is 12.1 Å². The van der Waals surface area contributed by atoms with Gasteiger partial charge < -0.3 is 10.4 Å². The standard InChI is InChI=1S/C19H22FNO2/c1-14(16-8-5-9-17(20)12-16)10-19(23)21-13-18(22)11-15-6-3-2-4-7-15/h2-9,12,14,18,22H,10-11,13H2,1H3,(H,21,23). The molecule has 2 aromatic rings. The smallest absolute Gasteiger partial charge is 0.220 e. The molecule has 2 atom stereocenters. The number of aliphatic hydroxyl groups is 1. The Morgan fingerprint density at radius 1 is 1.17 bits per heavy atom. The van der Waals surface area contributed by atoms with Crippen molar-refractivity contribution in [2.45, 2.75) is 31.8 Å². The molecule has 0 spiro atoms. The Kier molecular flexibility index (Phi) is 6.29. The SMILES string of the molecule is CC(CC(=O)NCC(O)Cc1ccccc1)c1cccc(F)c1. The predicted molar refractivity (Wildman–Crippen MR) is 88.6 cm³/mol. The maximum Gasteiger partial charge on any atom is 0.220 e. The van der Waals surface area contributed by atoms with Crippen molar-refractivity contribution < 1.29 is 14.3 Å². The zero-order valence-corrected chi connectivity index (χ0v) is 13.2. The van der Waals surface area contributed by atoms with E-state index in [-0.39, 0.29) is 30.6 Å². The van der Waals surface area contributed by atoms with E-state index in [2.05, 4.69) is 5.32 Å². The van der Waals surface area contributed by atoms with Gasteiger partial charge >= 0.3 is 0 Å². The van der Waals surface area contributed by atoms with E-state index in [9.17, 15) is 14.3 Å². The molecule has 0 bridgehead atoms. The summed E-state index contributed by atoms with van der Waals surface area (Å²) in [5.41, 5.74) is 1.83. The Bertz CT molecular complexity index is 630. The van der Waals surface area contributed by atoms with Crippen LogP contribution in [-0.4, -0.2) is 23.7 Å². The van der Waals surface area contributed by atoms with E-state index in [0.717, 1.165) is 11.1 Å². The van der Waals surface area contributed by atoms with Crippen LogP contribution < -0.4 is 5.32 Å². The van der Waals surface area contributed by atoms with E-state index in [0.29, 0.717) is 6.42 Å². The minimum atomic E-state index is -0.620. The van der Waals surface area contributed by atoms with Crippen LogP contribution in [-0.2, 0) is 11.2 Å². The first kappa shape index (κ1) is 17.2. The Hall–Kier alpha value is -2.20. The average molecular weight is 315 g/mol. The number of halogens is 1. The summed E-state index contributed by atoms with van der Waals surface area (Å²) in [6.45, 7) is 2.10. The monoisotopic (exact) mass is 315 g/mol. The van der Waals surface area contributed by atoms with Crippen molar-refractivity contribution in [1.82, 2.24) is 5.32 Å². The third kappa shape index (κ3) is 5.83. The molecule has 2 unspecified atom stereocenters. The second kappa shape index (κ2) is 8.44. The molecule has 2 N–H and O–H groups in total. The fourth-order valence-electron chi connectivity index (χ4n) is 2.47. The summed E-state index contributed by atoms with van der Waals surface area (Å²) in [6.07, 6.45) is 0.146. The van der Waals surface area contributed by atoms with Crippen molar-refractivity contribution in [2.75, 3.05) is 6.54 Å². The highest BCUT2D eigenvalue weighted by molar-refractivity contribution is 5.76. The van der Waals surface area contributed by atoms with Gasteiger partial charge in [-0.1, -0.05) is 49.4 Å². The van der Waals surface area contributed by atoms with Gasteiger partial charge in [0.25, 0.3) is 0 Å². The quantitative estimate of drug-likeness (QED) is 0.825. The lowest BCUT2D eigenvalue weighted by Gasteiger charge is -2.15. The van der Waals surface area contributed by atoms with Crippen LogP contribution in [0.1, 0.15) is 30.4 Å². The predicted octanol–water partition coefficient (Wildman–Crippen LogP) is 3.04. The number of hydrogen-bond acceptors (Lipinski definition) is 2. The number of amides is 1. The van der Waals surface area contributed by atoms with Crippen LogP contribution in [0.25, 0.3) is 0 Å². The molecule has 0 saturated carbocycles. The first-order valence-electron chi connectivity index (χ1n) is 7.78. The van der Waals surface area contributed by atoms with Crippen molar-refractivity contribution >= 4 is 5.91 Å². The number of aliphatic hydroxyl groups excluding tert-OH is 1. The Labute approximate surface area is 136 Å². The second-order valence-corrected chi connectivity index (χ2v) is 5.81. The molecule has 0 aromatic heterocycles. The number of nitrogens with one attached hydrogen (secondary N) is 1. The fourth-order valence-corrected chi connectivity index (χ4v) is 2.47. The van der Waals surface area contributed by atoms with Crippen molar-refractivity contribution in [2.24, 2.45) is 0 Å². The van der Waals surface area contributed by atoms with E-state index in [1.807, 2.05) is 43.3 Å². The summed E-state index contributed by atoms with van der Waals surface area (Å²) in [5, 5.41) is 12.7. The number of hydrogen-bond donors (Lipinski definition) is 2. The lowest BCUT2D eigenvalue weighted by Crippen LogP contribution is -2.33. The van der Waals surface area contributed by atoms with Gasteiger partial charge in [0.2, 0.25) is 5.91 Å². The summed E-state index contributed by atoms with van der Waals surface area (Å²) in [4.78, 5) is 12.0. The van der Waals surface area contributed by atoms with Gasteiger partial charge in [-0.05, 0) is 29.2 Å². The molecule has 0 radical (unpaired) electrons. The van der Waals surface area contributed by atoms with Crippen LogP contribution >= 0.6 is 0 Å². The van der Waals surface area contributed by atoms with Gasteiger partial charge in [-0.2, -0.15) is 0 Å². The zero-order valence-electron chi connectivity index (χ0n) is 13.2. The number of rotatable bonds is 7. The van der Waals surface area contributed by atoms with Crippen molar-refractivity contribution in [3.63, 3.8) is 0 Å². The highest BCUT2D eigenvalue weighted by Gasteiger charge is 2.13. The molecule has 1 amide bonds. The van der Waals surface area contributed by atoms with Gasteiger partial charge in [-0.3, -0.25) is 4.79 Å². The molecule has 23 heavy (non-hydrogen) atoms. The fraction of sp³-hybridized carbons (Fsp3) is 0.316. The maximum absolute atomic E-state index is 13.2. The third-order valence-corrected chi connectivity index (χ3v) is 3.76. The molecule has 3 nitrogen and oxygen atoms in total. The van der Waals surface area contributed by atoms with Crippen LogP contribution in [0, 0.1) is 5.82 Å². The Morgan fingerprint density at radius 3 is 2.61 bits per heavy atom. The highest BCUT2D eigenvalue weighted by atomic mass is 19.1. The van der Waals surface area contributed by atoms with E-state index in [1.54, 1.807) is 6.07 Å². The molecule has 0 aliphatic carbocycles. The van der Waals surface area contributed by atoms with Gasteiger partial charge in [0.05, 0.1) is 6.10 Å². The number of carbonyl (C=O) groups excluding carboxylic acids is 1. The van der Waals surface area contributed by atoms with Gasteiger partial charge in [0, 0.05) is 19.4 Å². The van der Waals surface area contributed by atoms with E-state index >= 15 is 0 Å². The summed E-state index contributed by atoms with van der Waals surface area (Å²) in [5.74, 6) is -0.515. The molecule has 0 saturated heterocycles. The summed E-state index contributed by atoms with van der Waals surface area (Å²) >= 11 is 0. The van der Waals surface area contributed by atoms with Crippen LogP contribution in [0.2, 0.25) is 0 Å². The lowest BCUT2D eigenvalue weighted by molar-refractivity contribution is -0.121. The minimum absolute atomic E-state index is 0.0723. The van der Waals surface area contributed by atoms with Crippen LogP contribution in [0.5, 0.6) is 0 Å². The third-order valence-electron chi connectivity index (χ3n) is 3.76. The second-order valence-electron chi connectivity index (χ2n) is 5.81. The Morgan fingerprint density at radius 2 is 1.91 bits per heavy atom. The average Bonchev–Trinajstić information content (AvgIpc) is 2.54. The molecular weight excluding hydrogens is 293 g/mol. The van der Waals surface area contributed by atoms with E-state index in [4.69, 9.17) is 0 Å². The topological polar surface area (TPSA) is 49.3 Å². The number of carbonyl (C=O) groups is 1. The maximum atomic E-state index is 13.2. The van der Waals surface area contributed by atoms with E-state index < -0.39 is 6.10 Å². The molecule has 0 aliphatic rings. The summed E-state index contributed by atoms with van der Waals surface area (Å²) in [6, 6.07) is 15.9. The molecule has 122 valence electrons. The highest BCUT2D eigenvalue weighted by Crippen LogP contribution is 2.19. The van der Waals surface area contributed by atoms with Gasteiger partial charge in [0.1, 0.15) is 5.82 Å². The van der Waals surface area contributed by atoms with Gasteiger partial charge in [0.15, 0.2) is 0 Å². The molecule has 2 aromatic carbocycles. The molecule has 0 aliphatic heterocycles. The van der Waals surface area contributed by atoms with Crippen LogP contribution in [0.15, 0.2) is 54.6 Å². The normalized spacial score (nSPS) is 13.3. The Balaban J connectivity index is 1.76. The molecule has 2 rings (SSSR count). The first-order chi connectivity index (χ1) is 11.0. The van der Waals surface area contributed by atoms with Crippen molar-refractivity contribution in [3.8, 4) is 0 Å². The largest absolute Gasteiger partial charge is 0.391 e. The molecular formula is C19H22FNO2. The zero-order chi connectivity index (χ0) is 16.7. The molecule has 0 heterocycles. The molecule has 4 heteroatoms. The van der Waals surface area contributed by atoms with Crippen molar-refractivity contribution in [1.29, 1.82) is 0 Å². The lowest BCUT2D eigenvalue weighted by atomic mass is 9.97. The van der Waals surface area contributed by atoms with Crippen LogP contribution in [0.3, 0.4) is 0 Å². The van der Waals surface area contributed by atoms with Gasteiger partial charge in [-0.15, -0.1) is 0 Å². The summed E-state index contributed by atoms with van der Waals surface area (Å²) < 4.78 is 13.2. The van der Waals surface area contributed by atoms with Gasteiger partial charge in [-0.25, -0.2) is 4.39 Å². The minimum Gasteiger partial charge on any atom is -0.391 e. The van der Waals surface area contributed by atoms with Crippen LogP contribution in [0.4, 0.5) is 4.39 Å². The molecule has 0 fully saturated rings. The number of benzene rings is 2.